The summed E-state index contributed by atoms with van der Waals surface area (Å²) in [5, 5.41) is 13.9. The number of nitrogens with zero attached hydrogens (tertiary/aromatic N) is 4. The molecule has 1 aliphatic rings. The van der Waals surface area contributed by atoms with E-state index in [1.165, 1.54) is 0 Å². The highest BCUT2D eigenvalue weighted by molar-refractivity contribution is 6.05. The van der Waals surface area contributed by atoms with E-state index < -0.39 is 0 Å². The molecule has 22 heavy (non-hydrogen) atoms. The van der Waals surface area contributed by atoms with Gasteiger partial charge in [0, 0.05) is 12.4 Å². The molecule has 1 saturated carbocycles. The second kappa shape index (κ2) is 5.10. The average Bonchev–Trinajstić information content (AvgIpc) is 3.10. The number of H-pyrrole nitrogens is 1. The summed E-state index contributed by atoms with van der Waals surface area (Å²) >= 11 is 0. The fourth-order valence-corrected chi connectivity index (χ4v) is 2.28. The molecule has 2 N–H and O–H groups in total. The molecule has 3 aromatic heterocycles. The second-order valence-electron chi connectivity index (χ2n) is 5.27. The number of rotatable bonds is 4. The van der Waals surface area contributed by atoms with Gasteiger partial charge in [-0.05, 0) is 25.0 Å². The molecule has 1 aliphatic carbocycles. The molecule has 0 aromatic carbocycles. The third kappa shape index (κ3) is 2.37. The Morgan fingerprint density at radius 2 is 2.23 bits per heavy atom. The van der Waals surface area contributed by atoms with Gasteiger partial charge in [-0.3, -0.25) is 19.6 Å². The Balaban J connectivity index is 1.56. The first-order valence-corrected chi connectivity index (χ1v) is 7.11. The number of anilines is 1. The largest absolute Gasteiger partial charge is 0.319 e. The van der Waals surface area contributed by atoms with E-state index in [0.29, 0.717) is 23.0 Å². The standard InChI is InChI=1S/C15H14N6O/c22-15(10-7-18-21(9-10)11-4-5-11)19-13-8-17-20-14(13)12-3-1-2-6-16-12/h1-3,6-9,11H,4-5H2,(H,17,20)(H,19,22). The number of amides is 1. The first-order valence-electron chi connectivity index (χ1n) is 7.11. The van der Waals surface area contributed by atoms with E-state index in [4.69, 9.17) is 0 Å². The number of aromatic nitrogens is 5. The van der Waals surface area contributed by atoms with Gasteiger partial charge in [0.2, 0.25) is 0 Å². The molecule has 3 aromatic rings. The first kappa shape index (κ1) is 12.8. The van der Waals surface area contributed by atoms with Crippen molar-refractivity contribution in [2.24, 2.45) is 0 Å². The van der Waals surface area contributed by atoms with Crippen molar-refractivity contribution in [3.8, 4) is 11.4 Å². The van der Waals surface area contributed by atoms with Gasteiger partial charge in [-0.2, -0.15) is 10.2 Å². The number of nitrogens with one attached hydrogen (secondary N) is 2. The van der Waals surface area contributed by atoms with Crippen LogP contribution in [0, 0.1) is 0 Å². The fraction of sp³-hybridized carbons (Fsp3) is 0.200. The summed E-state index contributed by atoms with van der Waals surface area (Å²) in [6.07, 6.45) is 8.92. The van der Waals surface area contributed by atoms with Crippen LogP contribution in [0.3, 0.4) is 0 Å². The summed E-state index contributed by atoms with van der Waals surface area (Å²) in [4.78, 5) is 16.6. The number of carbonyl (C=O) groups excluding carboxylic acids is 1. The number of hydrogen-bond acceptors (Lipinski definition) is 4. The quantitative estimate of drug-likeness (QED) is 0.772. The van der Waals surface area contributed by atoms with Crippen LogP contribution in [0.5, 0.6) is 0 Å². The molecule has 0 unspecified atom stereocenters. The lowest BCUT2D eigenvalue weighted by molar-refractivity contribution is 0.102. The first-order chi connectivity index (χ1) is 10.8. The molecule has 7 nitrogen and oxygen atoms in total. The van der Waals surface area contributed by atoms with E-state index in [2.05, 4.69) is 25.6 Å². The zero-order valence-corrected chi connectivity index (χ0v) is 11.7. The van der Waals surface area contributed by atoms with E-state index in [0.717, 1.165) is 18.5 Å². The van der Waals surface area contributed by atoms with Crippen LogP contribution in [0.1, 0.15) is 29.2 Å². The predicted octanol–water partition coefficient (Wildman–Crippen LogP) is 2.26. The molecule has 0 atom stereocenters. The lowest BCUT2D eigenvalue weighted by Gasteiger charge is -2.04. The molecular weight excluding hydrogens is 280 g/mol. The summed E-state index contributed by atoms with van der Waals surface area (Å²) in [5.74, 6) is -0.203. The second-order valence-corrected chi connectivity index (χ2v) is 5.27. The maximum absolute atomic E-state index is 12.3. The molecule has 7 heteroatoms. The van der Waals surface area contributed by atoms with Crippen molar-refractivity contribution >= 4 is 11.6 Å². The highest BCUT2D eigenvalue weighted by atomic mass is 16.1. The zero-order valence-electron chi connectivity index (χ0n) is 11.7. The van der Waals surface area contributed by atoms with Crippen molar-refractivity contribution in [1.29, 1.82) is 0 Å². The Morgan fingerprint density at radius 3 is 3.00 bits per heavy atom. The normalized spacial score (nSPS) is 14.0. The Hall–Kier alpha value is -2.96. The lowest BCUT2D eigenvalue weighted by atomic mass is 10.2. The molecule has 1 fully saturated rings. The van der Waals surface area contributed by atoms with Gasteiger partial charge in [0.25, 0.3) is 5.91 Å². The smallest absolute Gasteiger partial charge is 0.258 e. The summed E-state index contributed by atoms with van der Waals surface area (Å²) in [5.41, 5.74) is 2.55. The molecule has 3 heterocycles. The third-order valence-electron chi connectivity index (χ3n) is 3.59. The van der Waals surface area contributed by atoms with Crippen LogP contribution in [0.15, 0.2) is 43.0 Å². The van der Waals surface area contributed by atoms with Gasteiger partial charge in [-0.1, -0.05) is 6.07 Å². The Kier molecular flexibility index (Phi) is 2.96. The van der Waals surface area contributed by atoms with Gasteiger partial charge in [0.05, 0.1) is 35.4 Å². The monoisotopic (exact) mass is 294 g/mol. The van der Waals surface area contributed by atoms with Crippen LogP contribution in [0.2, 0.25) is 0 Å². The molecule has 0 saturated heterocycles. The highest BCUT2D eigenvalue weighted by Gasteiger charge is 2.25. The Bertz CT molecular complexity index is 802. The van der Waals surface area contributed by atoms with Crippen LogP contribution in [0.25, 0.3) is 11.4 Å². The molecule has 0 aliphatic heterocycles. The maximum atomic E-state index is 12.3. The molecule has 4 rings (SSSR count). The van der Waals surface area contributed by atoms with Crippen molar-refractivity contribution in [3.05, 3.63) is 48.5 Å². The average molecular weight is 294 g/mol. The Morgan fingerprint density at radius 1 is 1.32 bits per heavy atom. The van der Waals surface area contributed by atoms with Crippen molar-refractivity contribution in [1.82, 2.24) is 25.0 Å². The molecular formula is C15H14N6O. The van der Waals surface area contributed by atoms with Crippen molar-refractivity contribution in [3.63, 3.8) is 0 Å². The summed E-state index contributed by atoms with van der Waals surface area (Å²) in [6, 6.07) is 6.03. The van der Waals surface area contributed by atoms with Gasteiger partial charge >= 0.3 is 0 Å². The molecule has 0 spiro atoms. The predicted molar refractivity (Wildman–Crippen MR) is 80.3 cm³/mol. The van der Waals surface area contributed by atoms with Gasteiger partial charge in [0.15, 0.2) is 0 Å². The van der Waals surface area contributed by atoms with E-state index in [1.807, 2.05) is 22.9 Å². The summed E-state index contributed by atoms with van der Waals surface area (Å²) in [7, 11) is 0. The number of hydrogen-bond donors (Lipinski definition) is 2. The van der Waals surface area contributed by atoms with E-state index >= 15 is 0 Å². The number of carbonyl (C=O) groups is 1. The molecule has 0 bridgehead atoms. The maximum Gasteiger partial charge on any atom is 0.258 e. The van der Waals surface area contributed by atoms with Gasteiger partial charge in [0.1, 0.15) is 5.69 Å². The summed E-state index contributed by atoms with van der Waals surface area (Å²) in [6.45, 7) is 0. The molecule has 1 amide bonds. The van der Waals surface area contributed by atoms with E-state index in [-0.39, 0.29) is 5.91 Å². The van der Waals surface area contributed by atoms with E-state index in [9.17, 15) is 4.79 Å². The van der Waals surface area contributed by atoms with Gasteiger partial charge < -0.3 is 5.32 Å². The van der Waals surface area contributed by atoms with Crippen molar-refractivity contribution < 1.29 is 4.79 Å². The third-order valence-corrected chi connectivity index (χ3v) is 3.59. The fourth-order valence-electron chi connectivity index (χ4n) is 2.28. The minimum absolute atomic E-state index is 0.203. The van der Waals surface area contributed by atoms with Crippen molar-refractivity contribution in [2.45, 2.75) is 18.9 Å². The Labute approximate surface area is 126 Å². The highest BCUT2D eigenvalue weighted by Crippen LogP contribution is 2.34. The van der Waals surface area contributed by atoms with Crippen molar-refractivity contribution in [2.75, 3.05) is 5.32 Å². The zero-order chi connectivity index (χ0) is 14.9. The van der Waals surface area contributed by atoms with Crippen LogP contribution < -0.4 is 5.32 Å². The minimum atomic E-state index is -0.203. The van der Waals surface area contributed by atoms with E-state index in [1.54, 1.807) is 24.8 Å². The van der Waals surface area contributed by atoms with Crippen LogP contribution in [0.4, 0.5) is 5.69 Å². The summed E-state index contributed by atoms with van der Waals surface area (Å²) < 4.78 is 1.85. The van der Waals surface area contributed by atoms with Crippen LogP contribution >= 0.6 is 0 Å². The molecule has 0 radical (unpaired) electrons. The minimum Gasteiger partial charge on any atom is -0.319 e. The van der Waals surface area contributed by atoms with Crippen LogP contribution in [-0.2, 0) is 0 Å². The van der Waals surface area contributed by atoms with Crippen LogP contribution in [-0.4, -0.2) is 30.9 Å². The SMILES string of the molecule is O=C(Nc1cn[nH]c1-c1ccccn1)c1cnn(C2CC2)c1. The van der Waals surface area contributed by atoms with Gasteiger partial charge in [-0.15, -0.1) is 0 Å². The number of aromatic amines is 1. The van der Waals surface area contributed by atoms with Gasteiger partial charge in [-0.25, -0.2) is 0 Å². The molecule has 110 valence electrons. The number of pyridine rings is 1. The topological polar surface area (TPSA) is 88.5 Å². The lowest BCUT2D eigenvalue weighted by Crippen LogP contribution is -2.11.